The molecule has 5 rings (SSSR count). The number of benzene rings is 3. The Morgan fingerprint density at radius 1 is 0.522 bits per heavy atom. The predicted molar refractivity (Wildman–Crippen MR) is 173 cm³/mol. The fourth-order valence-corrected chi connectivity index (χ4v) is 5.68. The summed E-state index contributed by atoms with van der Waals surface area (Å²) in [6.07, 6.45) is 2.55. The third-order valence-corrected chi connectivity index (χ3v) is 8.59. The van der Waals surface area contributed by atoms with Crippen LogP contribution < -0.4 is 26.6 Å². The fourth-order valence-electron chi connectivity index (χ4n) is 5.68. The molecular formula is C36H41N5O5. The molecule has 1 heterocycles. The first-order valence-electron chi connectivity index (χ1n) is 15.8. The highest BCUT2D eigenvalue weighted by Crippen LogP contribution is 2.39. The van der Waals surface area contributed by atoms with Gasteiger partial charge in [-0.3, -0.25) is 24.0 Å². The molecule has 46 heavy (non-hydrogen) atoms. The molecule has 1 spiro atoms. The highest BCUT2D eigenvalue weighted by Gasteiger charge is 2.45. The summed E-state index contributed by atoms with van der Waals surface area (Å²) in [5, 5.41) is 14.4. The van der Waals surface area contributed by atoms with Crippen molar-refractivity contribution in [3.8, 4) is 0 Å². The minimum Gasteiger partial charge on any atom is -0.349 e. The highest BCUT2D eigenvalue weighted by atomic mass is 16.2. The van der Waals surface area contributed by atoms with E-state index in [9.17, 15) is 24.0 Å². The van der Waals surface area contributed by atoms with Crippen LogP contribution in [-0.2, 0) is 43.2 Å². The topological polar surface area (TPSA) is 146 Å². The van der Waals surface area contributed by atoms with Gasteiger partial charge in [-0.1, -0.05) is 91.0 Å². The van der Waals surface area contributed by atoms with Crippen LogP contribution in [0.1, 0.15) is 49.3 Å². The summed E-state index contributed by atoms with van der Waals surface area (Å²) in [5.41, 5.74) is 1.96. The fraction of sp³-hybridized carbons (Fsp3) is 0.361. The molecule has 0 radical (unpaired) electrons. The van der Waals surface area contributed by atoms with Crippen molar-refractivity contribution < 1.29 is 24.0 Å². The van der Waals surface area contributed by atoms with E-state index in [0.717, 1.165) is 16.7 Å². The van der Waals surface area contributed by atoms with Gasteiger partial charge in [0.25, 0.3) is 0 Å². The first-order valence-corrected chi connectivity index (χ1v) is 15.8. The van der Waals surface area contributed by atoms with Gasteiger partial charge in [-0.25, -0.2) is 0 Å². The average molecular weight is 624 g/mol. The van der Waals surface area contributed by atoms with Gasteiger partial charge in [-0.2, -0.15) is 0 Å². The van der Waals surface area contributed by atoms with Gasteiger partial charge < -0.3 is 26.6 Å². The lowest BCUT2D eigenvalue weighted by atomic mass is 10.0. The van der Waals surface area contributed by atoms with Crippen LogP contribution in [0.3, 0.4) is 0 Å². The van der Waals surface area contributed by atoms with Gasteiger partial charge in [0.2, 0.25) is 29.5 Å². The minimum absolute atomic E-state index is 0.0968. The van der Waals surface area contributed by atoms with E-state index >= 15 is 0 Å². The zero-order chi connectivity index (χ0) is 32.5. The Bertz CT molecular complexity index is 1530. The first-order chi connectivity index (χ1) is 22.2. The summed E-state index contributed by atoms with van der Waals surface area (Å²) in [6, 6.07) is 24.1. The zero-order valence-corrected chi connectivity index (χ0v) is 26.0. The molecule has 1 aliphatic heterocycles. The van der Waals surface area contributed by atoms with Gasteiger partial charge in [-0.15, -0.1) is 0 Å². The van der Waals surface area contributed by atoms with Crippen LogP contribution in [0.25, 0.3) is 0 Å². The molecule has 240 valence electrons. The van der Waals surface area contributed by atoms with Gasteiger partial charge in [0.15, 0.2) is 0 Å². The lowest BCUT2D eigenvalue weighted by molar-refractivity contribution is -0.134. The van der Waals surface area contributed by atoms with Crippen molar-refractivity contribution in [2.45, 2.75) is 81.6 Å². The smallest absolute Gasteiger partial charge is 0.243 e. The summed E-state index contributed by atoms with van der Waals surface area (Å²) in [4.78, 5) is 67.7. The lowest BCUT2D eigenvalue weighted by Crippen LogP contribution is -2.58. The number of amides is 5. The van der Waals surface area contributed by atoms with E-state index in [1.54, 1.807) is 6.92 Å². The Balaban J connectivity index is 1.42. The summed E-state index contributed by atoms with van der Waals surface area (Å²) in [6.45, 7) is 1.54. The lowest BCUT2D eigenvalue weighted by Gasteiger charge is -2.25. The molecule has 0 bridgehead atoms. The normalized spacial score (nSPS) is 24.1. The van der Waals surface area contributed by atoms with Crippen LogP contribution in [0.4, 0.5) is 0 Å². The van der Waals surface area contributed by atoms with Crippen molar-refractivity contribution in [1.29, 1.82) is 0 Å². The van der Waals surface area contributed by atoms with Gasteiger partial charge >= 0.3 is 0 Å². The van der Waals surface area contributed by atoms with E-state index in [0.29, 0.717) is 19.3 Å². The second-order valence-corrected chi connectivity index (χ2v) is 12.3. The van der Waals surface area contributed by atoms with E-state index < -0.39 is 47.4 Å². The van der Waals surface area contributed by atoms with E-state index in [1.165, 1.54) is 0 Å². The maximum atomic E-state index is 13.8. The first kappa shape index (κ1) is 32.4. The molecule has 3 aromatic rings. The maximum absolute atomic E-state index is 13.8. The Morgan fingerprint density at radius 2 is 0.935 bits per heavy atom. The number of nitrogens with one attached hydrogen (secondary N) is 5. The summed E-state index contributed by atoms with van der Waals surface area (Å²) in [7, 11) is 0. The van der Waals surface area contributed by atoms with E-state index in [-0.39, 0.29) is 37.5 Å². The molecule has 3 aromatic carbocycles. The van der Waals surface area contributed by atoms with Crippen molar-refractivity contribution in [2.75, 3.05) is 0 Å². The van der Waals surface area contributed by atoms with E-state index in [1.807, 2.05) is 91.0 Å². The molecule has 5 N–H and O–H groups in total. The molecule has 1 saturated carbocycles. The van der Waals surface area contributed by atoms with Gasteiger partial charge in [-0.05, 0) is 42.9 Å². The zero-order valence-electron chi connectivity index (χ0n) is 26.0. The second kappa shape index (κ2) is 14.9. The van der Waals surface area contributed by atoms with Crippen molar-refractivity contribution in [3.05, 3.63) is 108 Å². The SMILES string of the molecule is C[C@@H]1NC(=O)[C@H](Cc2ccccc2)NC(=O)[C@H](Cc2ccccc2)NC(=O)CCC2(CC2)NC(=O)C(Cc2ccccc2)NC1=O. The van der Waals surface area contributed by atoms with Gasteiger partial charge in [0, 0.05) is 31.2 Å². The number of carbonyl (C=O) groups excluding carboxylic acids is 5. The maximum Gasteiger partial charge on any atom is 0.243 e. The van der Waals surface area contributed by atoms with Gasteiger partial charge in [0.05, 0.1) is 0 Å². The quantitative estimate of drug-likeness (QED) is 0.286. The Morgan fingerprint density at radius 3 is 1.41 bits per heavy atom. The van der Waals surface area contributed by atoms with Crippen molar-refractivity contribution in [1.82, 2.24) is 26.6 Å². The molecule has 10 heteroatoms. The molecule has 5 amide bonds. The molecule has 2 aliphatic rings. The number of carbonyl (C=O) groups is 5. The molecule has 1 unspecified atom stereocenters. The number of hydrogen-bond donors (Lipinski definition) is 5. The van der Waals surface area contributed by atoms with E-state index in [2.05, 4.69) is 26.6 Å². The molecular weight excluding hydrogens is 582 g/mol. The van der Waals surface area contributed by atoms with Crippen LogP contribution in [0.2, 0.25) is 0 Å². The van der Waals surface area contributed by atoms with Crippen LogP contribution in [0.15, 0.2) is 91.0 Å². The Labute approximate surface area is 269 Å². The second-order valence-electron chi connectivity index (χ2n) is 12.3. The Hall–Kier alpha value is -4.99. The third kappa shape index (κ3) is 9.03. The molecule has 0 aromatic heterocycles. The van der Waals surface area contributed by atoms with Crippen LogP contribution >= 0.6 is 0 Å². The highest BCUT2D eigenvalue weighted by molar-refractivity contribution is 5.96. The number of hydrogen-bond acceptors (Lipinski definition) is 5. The molecule has 1 aliphatic carbocycles. The third-order valence-electron chi connectivity index (χ3n) is 8.59. The largest absolute Gasteiger partial charge is 0.349 e. The van der Waals surface area contributed by atoms with Crippen molar-refractivity contribution in [3.63, 3.8) is 0 Å². The van der Waals surface area contributed by atoms with Crippen LogP contribution in [0.5, 0.6) is 0 Å². The number of rotatable bonds is 6. The standard InChI is InChI=1S/C36H41N5O5/c1-24-32(43)39-30(23-27-15-9-4-10-16-27)35(46)41-36(19-20-36)18-17-31(42)38-28(21-25-11-5-2-6-12-25)34(45)40-29(33(44)37-24)22-26-13-7-3-8-14-26/h2-16,24,28-30H,17-23H2,1H3,(H,37,44)(H,38,42)(H,39,43)(H,40,45)(H,41,46)/t24-,28-,29-,30?/m0/s1. The van der Waals surface area contributed by atoms with Crippen LogP contribution in [-0.4, -0.2) is 59.2 Å². The minimum atomic E-state index is -1.03. The monoisotopic (exact) mass is 623 g/mol. The molecule has 2 fully saturated rings. The molecule has 4 atom stereocenters. The Kier molecular flexibility index (Phi) is 10.5. The predicted octanol–water partition coefficient (Wildman–Crippen LogP) is 2.12. The summed E-state index contributed by atoms with van der Waals surface area (Å²) < 4.78 is 0. The summed E-state index contributed by atoms with van der Waals surface area (Å²) in [5.74, 6) is -2.27. The molecule has 1 saturated heterocycles. The average Bonchev–Trinajstić information content (AvgIpc) is 3.83. The van der Waals surface area contributed by atoms with E-state index in [4.69, 9.17) is 0 Å². The van der Waals surface area contributed by atoms with Crippen LogP contribution in [0, 0.1) is 0 Å². The summed E-state index contributed by atoms with van der Waals surface area (Å²) >= 11 is 0. The van der Waals surface area contributed by atoms with Crippen molar-refractivity contribution in [2.24, 2.45) is 0 Å². The van der Waals surface area contributed by atoms with Crippen molar-refractivity contribution >= 4 is 29.5 Å². The van der Waals surface area contributed by atoms with Gasteiger partial charge in [0.1, 0.15) is 24.2 Å². The molecule has 10 nitrogen and oxygen atoms in total.